The maximum absolute atomic E-state index is 12.8. The highest BCUT2D eigenvalue weighted by Crippen LogP contribution is 2.28. The summed E-state index contributed by atoms with van der Waals surface area (Å²) < 4.78 is 26.9. The van der Waals surface area contributed by atoms with Crippen LogP contribution in [0.4, 0.5) is 5.69 Å². The number of nitrogens with one attached hydrogen (secondary N) is 1. The Morgan fingerprint density at radius 1 is 1.25 bits per heavy atom. The maximum Gasteiger partial charge on any atom is 0.307 e. The Morgan fingerprint density at radius 3 is 2.42 bits per heavy atom. The molecular formula is C16H22N2O5S. The fourth-order valence-corrected chi connectivity index (χ4v) is 4.41. The van der Waals surface area contributed by atoms with Crippen LogP contribution in [0.25, 0.3) is 0 Å². The molecule has 0 radical (unpaired) electrons. The monoisotopic (exact) mass is 354 g/mol. The van der Waals surface area contributed by atoms with E-state index in [0.29, 0.717) is 24.9 Å². The van der Waals surface area contributed by atoms with Gasteiger partial charge in [-0.15, -0.1) is 0 Å². The van der Waals surface area contributed by atoms with Crippen LogP contribution in [0, 0.1) is 5.92 Å². The Hall–Kier alpha value is -1.93. The fourth-order valence-electron chi connectivity index (χ4n) is 2.71. The molecule has 0 spiro atoms. The third-order valence-corrected chi connectivity index (χ3v) is 6.23. The molecule has 1 fully saturated rings. The number of rotatable bonds is 5. The Bertz CT molecular complexity index is 714. The largest absolute Gasteiger partial charge is 0.481 e. The van der Waals surface area contributed by atoms with Gasteiger partial charge < -0.3 is 10.4 Å². The average molecular weight is 354 g/mol. The second-order valence-electron chi connectivity index (χ2n) is 5.96. The molecule has 0 bridgehead atoms. The molecule has 1 aromatic carbocycles. The van der Waals surface area contributed by atoms with E-state index in [0.717, 1.165) is 0 Å². The summed E-state index contributed by atoms with van der Waals surface area (Å²) >= 11 is 0. The van der Waals surface area contributed by atoms with Crippen LogP contribution in [0.1, 0.15) is 33.1 Å². The zero-order valence-corrected chi connectivity index (χ0v) is 14.5. The molecule has 2 rings (SSSR count). The Morgan fingerprint density at radius 2 is 1.88 bits per heavy atom. The number of hydrogen-bond donors (Lipinski definition) is 2. The SMILES string of the molecule is CCC(=O)Nc1ccc(S(=O)(=O)N2CC(C(=O)O)CCC2C)cc1. The molecular weight excluding hydrogens is 332 g/mol. The summed E-state index contributed by atoms with van der Waals surface area (Å²) in [4.78, 5) is 22.6. The van der Waals surface area contributed by atoms with Gasteiger partial charge >= 0.3 is 5.97 Å². The highest BCUT2D eigenvalue weighted by molar-refractivity contribution is 7.89. The lowest BCUT2D eigenvalue weighted by Gasteiger charge is -2.35. The van der Waals surface area contributed by atoms with Gasteiger partial charge in [-0.25, -0.2) is 8.42 Å². The van der Waals surface area contributed by atoms with E-state index in [1.807, 2.05) is 0 Å². The standard InChI is InChI=1S/C16H22N2O5S/c1-3-15(19)17-13-6-8-14(9-7-13)24(22,23)18-10-12(16(20)21)5-4-11(18)2/h6-9,11-12H,3-5,10H2,1-2H3,(H,17,19)(H,20,21). The third kappa shape index (κ3) is 3.93. The first-order valence-corrected chi connectivity index (χ1v) is 9.34. The molecule has 1 amide bonds. The molecule has 132 valence electrons. The predicted molar refractivity (Wildman–Crippen MR) is 89.1 cm³/mol. The smallest absolute Gasteiger partial charge is 0.307 e. The van der Waals surface area contributed by atoms with Crippen LogP contribution in [-0.2, 0) is 19.6 Å². The van der Waals surface area contributed by atoms with Crippen molar-refractivity contribution in [2.24, 2.45) is 5.92 Å². The summed E-state index contributed by atoms with van der Waals surface area (Å²) in [5, 5.41) is 11.8. The van der Waals surface area contributed by atoms with Crippen molar-refractivity contribution >= 4 is 27.6 Å². The van der Waals surface area contributed by atoms with Crippen molar-refractivity contribution in [2.75, 3.05) is 11.9 Å². The normalized spacial score (nSPS) is 22.1. The van der Waals surface area contributed by atoms with Crippen molar-refractivity contribution in [3.05, 3.63) is 24.3 Å². The van der Waals surface area contributed by atoms with Gasteiger partial charge in [0.25, 0.3) is 0 Å². The number of carbonyl (C=O) groups excluding carboxylic acids is 1. The number of benzene rings is 1. The minimum Gasteiger partial charge on any atom is -0.481 e. The van der Waals surface area contributed by atoms with Crippen molar-refractivity contribution in [3.8, 4) is 0 Å². The van der Waals surface area contributed by atoms with Crippen LogP contribution < -0.4 is 5.32 Å². The van der Waals surface area contributed by atoms with Crippen LogP contribution in [-0.4, -0.2) is 42.3 Å². The van der Waals surface area contributed by atoms with Crippen LogP contribution in [0.5, 0.6) is 0 Å². The first-order valence-electron chi connectivity index (χ1n) is 7.90. The molecule has 1 saturated heterocycles. The van der Waals surface area contributed by atoms with Gasteiger partial charge in [-0.3, -0.25) is 9.59 Å². The highest BCUT2D eigenvalue weighted by Gasteiger charge is 2.37. The van der Waals surface area contributed by atoms with Crippen LogP contribution >= 0.6 is 0 Å². The van der Waals surface area contributed by atoms with Gasteiger partial charge in [-0.1, -0.05) is 6.92 Å². The van der Waals surface area contributed by atoms with E-state index in [-0.39, 0.29) is 23.4 Å². The van der Waals surface area contributed by atoms with Crippen molar-refractivity contribution in [1.29, 1.82) is 0 Å². The number of nitrogens with zero attached hydrogens (tertiary/aromatic N) is 1. The number of carbonyl (C=O) groups is 2. The van der Waals surface area contributed by atoms with Crippen molar-refractivity contribution in [3.63, 3.8) is 0 Å². The van der Waals surface area contributed by atoms with Crippen molar-refractivity contribution < 1.29 is 23.1 Å². The summed E-state index contributed by atoms with van der Waals surface area (Å²) in [6, 6.07) is 5.67. The summed E-state index contributed by atoms with van der Waals surface area (Å²) in [5.74, 6) is -1.81. The van der Waals surface area contributed by atoms with Gasteiger partial charge in [0, 0.05) is 24.7 Å². The lowest BCUT2D eigenvalue weighted by atomic mass is 9.96. The van der Waals surface area contributed by atoms with Crippen molar-refractivity contribution in [2.45, 2.75) is 44.0 Å². The van der Waals surface area contributed by atoms with E-state index < -0.39 is 21.9 Å². The maximum atomic E-state index is 12.8. The number of anilines is 1. The first kappa shape index (κ1) is 18.4. The van der Waals surface area contributed by atoms with Gasteiger partial charge in [-0.2, -0.15) is 4.31 Å². The molecule has 7 nitrogen and oxygen atoms in total. The topological polar surface area (TPSA) is 104 Å². The molecule has 2 atom stereocenters. The van der Waals surface area contributed by atoms with Gasteiger partial charge in [0.05, 0.1) is 10.8 Å². The van der Waals surface area contributed by atoms with Gasteiger partial charge in [0.2, 0.25) is 15.9 Å². The number of sulfonamides is 1. The molecule has 2 N–H and O–H groups in total. The Kier molecular flexibility index (Phi) is 5.61. The number of hydrogen-bond acceptors (Lipinski definition) is 4. The third-order valence-electron chi connectivity index (χ3n) is 4.24. The lowest BCUT2D eigenvalue weighted by Crippen LogP contribution is -2.47. The molecule has 0 aliphatic carbocycles. The van der Waals surface area contributed by atoms with Crippen molar-refractivity contribution in [1.82, 2.24) is 4.31 Å². The van der Waals surface area contributed by atoms with E-state index in [1.165, 1.54) is 28.6 Å². The van der Waals surface area contributed by atoms with E-state index in [4.69, 9.17) is 5.11 Å². The molecule has 1 aliphatic heterocycles. The van der Waals surface area contributed by atoms with E-state index >= 15 is 0 Å². The van der Waals surface area contributed by atoms with Crippen LogP contribution in [0.15, 0.2) is 29.2 Å². The zero-order valence-electron chi connectivity index (χ0n) is 13.7. The zero-order chi connectivity index (χ0) is 17.9. The minimum atomic E-state index is -3.77. The highest BCUT2D eigenvalue weighted by atomic mass is 32.2. The quantitative estimate of drug-likeness (QED) is 0.840. The predicted octanol–water partition coefficient (Wildman–Crippen LogP) is 1.91. The lowest BCUT2D eigenvalue weighted by molar-refractivity contribution is -0.143. The number of amides is 1. The van der Waals surface area contributed by atoms with E-state index in [1.54, 1.807) is 13.8 Å². The number of carboxylic acids is 1. The van der Waals surface area contributed by atoms with Gasteiger partial charge in [0.1, 0.15) is 0 Å². The molecule has 1 aromatic rings. The summed E-state index contributed by atoms with van der Waals surface area (Å²) in [7, 11) is -3.77. The average Bonchev–Trinajstić information content (AvgIpc) is 2.55. The molecule has 1 aliphatic rings. The van der Waals surface area contributed by atoms with Gasteiger partial charge in [0.15, 0.2) is 0 Å². The minimum absolute atomic E-state index is 0.0207. The number of piperidine rings is 1. The first-order chi connectivity index (χ1) is 11.3. The Labute approximate surface area is 141 Å². The second-order valence-corrected chi connectivity index (χ2v) is 7.85. The number of aliphatic carboxylic acids is 1. The summed E-state index contributed by atoms with van der Waals surface area (Å²) in [6.07, 6.45) is 1.33. The molecule has 8 heteroatoms. The fraction of sp³-hybridized carbons (Fsp3) is 0.500. The van der Waals surface area contributed by atoms with Gasteiger partial charge in [-0.05, 0) is 44.0 Å². The molecule has 0 saturated carbocycles. The molecule has 2 unspecified atom stereocenters. The van der Waals surface area contributed by atoms with E-state index in [2.05, 4.69) is 5.32 Å². The second kappa shape index (κ2) is 7.31. The summed E-state index contributed by atoms with van der Waals surface area (Å²) in [6.45, 7) is 3.49. The summed E-state index contributed by atoms with van der Waals surface area (Å²) in [5.41, 5.74) is 0.524. The van der Waals surface area contributed by atoms with Crippen LogP contribution in [0.3, 0.4) is 0 Å². The number of carboxylic acid groups (broad SMARTS) is 1. The molecule has 24 heavy (non-hydrogen) atoms. The van der Waals surface area contributed by atoms with E-state index in [9.17, 15) is 18.0 Å². The molecule has 0 aromatic heterocycles. The Balaban J connectivity index is 2.22. The van der Waals surface area contributed by atoms with Crippen LogP contribution in [0.2, 0.25) is 0 Å². The molecule has 1 heterocycles.